The molecule has 1 aromatic carbocycles. The molecule has 2 rings (SSSR count). The fourth-order valence-electron chi connectivity index (χ4n) is 1.86. The van der Waals surface area contributed by atoms with Crippen LogP contribution in [0.2, 0.25) is 0 Å². The molecule has 0 bridgehead atoms. The number of benzene rings is 1. The highest BCUT2D eigenvalue weighted by Crippen LogP contribution is 2.31. The van der Waals surface area contributed by atoms with E-state index in [0.717, 1.165) is 6.42 Å². The molecule has 1 aliphatic heterocycles. The standard InChI is InChI=1S/C13H18N2O5S/c14-13(16)3-1-6-15-21(17,18)10-4-5-11-12(9-10)20-8-2-7-19-11/h4-5,9,15H,1-3,6-8H2,(H2,14,16). The summed E-state index contributed by atoms with van der Waals surface area (Å²) in [5.41, 5.74) is 5.00. The fraction of sp³-hybridized carbons (Fsp3) is 0.462. The number of fused-ring (bicyclic) bond motifs is 1. The minimum absolute atomic E-state index is 0.103. The van der Waals surface area contributed by atoms with Crippen LogP contribution in [0.25, 0.3) is 0 Å². The fourth-order valence-corrected chi connectivity index (χ4v) is 2.95. The van der Waals surface area contributed by atoms with Gasteiger partial charge in [0.15, 0.2) is 11.5 Å². The number of primary amides is 1. The van der Waals surface area contributed by atoms with Crippen molar-refractivity contribution in [3.63, 3.8) is 0 Å². The maximum Gasteiger partial charge on any atom is 0.240 e. The van der Waals surface area contributed by atoms with Crippen LogP contribution < -0.4 is 19.9 Å². The van der Waals surface area contributed by atoms with E-state index in [2.05, 4.69) is 4.72 Å². The van der Waals surface area contributed by atoms with Crippen molar-refractivity contribution in [2.45, 2.75) is 24.2 Å². The van der Waals surface area contributed by atoms with Gasteiger partial charge in [-0.25, -0.2) is 13.1 Å². The smallest absolute Gasteiger partial charge is 0.240 e. The molecule has 0 saturated heterocycles. The van der Waals surface area contributed by atoms with Gasteiger partial charge in [0, 0.05) is 25.5 Å². The van der Waals surface area contributed by atoms with Crippen LogP contribution in [0.4, 0.5) is 0 Å². The first-order valence-corrected chi connectivity index (χ1v) is 8.15. The Morgan fingerprint density at radius 2 is 1.95 bits per heavy atom. The first-order valence-electron chi connectivity index (χ1n) is 6.67. The van der Waals surface area contributed by atoms with Crippen molar-refractivity contribution in [2.75, 3.05) is 19.8 Å². The summed E-state index contributed by atoms with van der Waals surface area (Å²) in [6.45, 7) is 1.19. The first-order chi connectivity index (χ1) is 9.99. The van der Waals surface area contributed by atoms with E-state index in [1.54, 1.807) is 6.07 Å². The van der Waals surface area contributed by atoms with E-state index in [9.17, 15) is 13.2 Å². The highest BCUT2D eigenvalue weighted by atomic mass is 32.2. The zero-order valence-electron chi connectivity index (χ0n) is 11.5. The predicted octanol–water partition coefficient (Wildman–Crippen LogP) is 0.392. The van der Waals surface area contributed by atoms with Crippen LogP contribution in [-0.2, 0) is 14.8 Å². The number of nitrogens with two attached hydrogens (primary N) is 1. The molecule has 0 aliphatic carbocycles. The van der Waals surface area contributed by atoms with E-state index in [-0.39, 0.29) is 17.9 Å². The van der Waals surface area contributed by atoms with E-state index in [1.165, 1.54) is 12.1 Å². The van der Waals surface area contributed by atoms with Crippen LogP contribution in [0, 0.1) is 0 Å². The number of amides is 1. The predicted molar refractivity (Wildman–Crippen MR) is 75.7 cm³/mol. The Morgan fingerprint density at radius 1 is 1.24 bits per heavy atom. The van der Waals surface area contributed by atoms with Gasteiger partial charge >= 0.3 is 0 Å². The lowest BCUT2D eigenvalue weighted by atomic mass is 10.3. The molecule has 0 unspecified atom stereocenters. The molecule has 0 spiro atoms. The minimum atomic E-state index is -3.64. The average molecular weight is 314 g/mol. The molecule has 0 aromatic heterocycles. The zero-order chi connectivity index (χ0) is 15.3. The van der Waals surface area contributed by atoms with E-state index < -0.39 is 15.9 Å². The second-order valence-corrected chi connectivity index (χ2v) is 6.39. The monoisotopic (exact) mass is 314 g/mol. The van der Waals surface area contributed by atoms with E-state index >= 15 is 0 Å². The van der Waals surface area contributed by atoms with Gasteiger partial charge in [-0.2, -0.15) is 0 Å². The van der Waals surface area contributed by atoms with Crippen molar-refractivity contribution in [3.8, 4) is 11.5 Å². The van der Waals surface area contributed by atoms with Crippen LogP contribution in [0.15, 0.2) is 23.1 Å². The minimum Gasteiger partial charge on any atom is -0.490 e. The van der Waals surface area contributed by atoms with E-state index in [4.69, 9.17) is 15.2 Å². The molecule has 0 fully saturated rings. The third-order valence-electron chi connectivity index (χ3n) is 2.92. The molecule has 3 N–H and O–H groups in total. The van der Waals surface area contributed by atoms with Crippen LogP contribution in [0.3, 0.4) is 0 Å². The van der Waals surface area contributed by atoms with Crippen LogP contribution >= 0.6 is 0 Å². The molecule has 1 aliphatic rings. The summed E-state index contributed by atoms with van der Waals surface area (Å²) in [6, 6.07) is 4.49. The van der Waals surface area contributed by atoms with E-state index in [0.29, 0.717) is 31.1 Å². The number of ether oxygens (including phenoxy) is 2. The third kappa shape index (κ3) is 4.33. The molecule has 1 aromatic rings. The van der Waals surface area contributed by atoms with Gasteiger partial charge in [0.05, 0.1) is 18.1 Å². The normalized spacial score (nSPS) is 14.5. The lowest BCUT2D eigenvalue weighted by molar-refractivity contribution is -0.118. The summed E-state index contributed by atoms with van der Waals surface area (Å²) in [4.78, 5) is 10.7. The maximum absolute atomic E-state index is 12.1. The largest absolute Gasteiger partial charge is 0.490 e. The Kier molecular flexibility index (Phi) is 5.03. The zero-order valence-corrected chi connectivity index (χ0v) is 12.3. The van der Waals surface area contributed by atoms with Gasteiger partial charge < -0.3 is 15.2 Å². The molecule has 1 amide bonds. The van der Waals surface area contributed by atoms with Crippen LogP contribution in [0.1, 0.15) is 19.3 Å². The van der Waals surface area contributed by atoms with Gasteiger partial charge in [0.25, 0.3) is 0 Å². The number of hydrogen-bond donors (Lipinski definition) is 2. The van der Waals surface area contributed by atoms with Gasteiger partial charge in [0.2, 0.25) is 15.9 Å². The Bertz CT molecular complexity index is 615. The number of carbonyl (C=O) groups excluding carboxylic acids is 1. The van der Waals surface area contributed by atoms with Gasteiger partial charge in [-0.05, 0) is 18.6 Å². The van der Waals surface area contributed by atoms with Crippen molar-refractivity contribution in [1.82, 2.24) is 4.72 Å². The van der Waals surface area contributed by atoms with Crippen molar-refractivity contribution < 1.29 is 22.7 Å². The number of carbonyl (C=O) groups is 1. The summed E-state index contributed by atoms with van der Waals surface area (Å²) in [5.74, 6) is 0.512. The topological polar surface area (TPSA) is 108 Å². The Morgan fingerprint density at radius 3 is 2.67 bits per heavy atom. The van der Waals surface area contributed by atoms with E-state index in [1.807, 2.05) is 0 Å². The van der Waals surface area contributed by atoms with Crippen molar-refractivity contribution in [1.29, 1.82) is 0 Å². The van der Waals surface area contributed by atoms with Crippen LogP contribution in [-0.4, -0.2) is 34.1 Å². The molecule has 21 heavy (non-hydrogen) atoms. The number of sulfonamides is 1. The van der Waals surface area contributed by atoms with Crippen LogP contribution in [0.5, 0.6) is 11.5 Å². The Hall–Kier alpha value is -1.80. The molecule has 0 atom stereocenters. The lowest BCUT2D eigenvalue weighted by Crippen LogP contribution is -2.25. The first kappa shape index (κ1) is 15.6. The van der Waals surface area contributed by atoms with Crippen molar-refractivity contribution in [3.05, 3.63) is 18.2 Å². The SMILES string of the molecule is NC(=O)CCCNS(=O)(=O)c1ccc2c(c1)OCCCO2. The summed E-state index contributed by atoms with van der Waals surface area (Å²) >= 11 is 0. The average Bonchev–Trinajstić information content (AvgIpc) is 2.67. The quantitative estimate of drug-likeness (QED) is 0.739. The second kappa shape index (κ2) is 6.77. The van der Waals surface area contributed by atoms with Gasteiger partial charge in [-0.1, -0.05) is 0 Å². The number of nitrogens with one attached hydrogen (secondary N) is 1. The summed E-state index contributed by atoms with van der Waals surface area (Å²) in [5, 5.41) is 0. The molecule has 0 saturated carbocycles. The lowest BCUT2D eigenvalue weighted by Gasteiger charge is -2.10. The second-order valence-electron chi connectivity index (χ2n) is 4.63. The van der Waals surface area contributed by atoms with Gasteiger partial charge in [-0.3, -0.25) is 4.79 Å². The summed E-state index contributed by atoms with van der Waals surface area (Å²) in [7, 11) is -3.64. The van der Waals surface area contributed by atoms with Gasteiger partial charge in [0.1, 0.15) is 0 Å². The molecular formula is C13H18N2O5S. The Balaban J connectivity index is 2.06. The van der Waals surface area contributed by atoms with Crippen molar-refractivity contribution in [2.24, 2.45) is 5.73 Å². The Labute approximate surface area is 123 Å². The molecule has 1 heterocycles. The molecule has 0 radical (unpaired) electrons. The highest BCUT2D eigenvalue weighted by Gasteiger charge is 2.18. The third-order valence-corrected chi connectivity index (χ3v) is 4.38. The highest BCUT2D eigenvalue weighted by molar-refractivity contribution is 7.89. The van der Waals surface area contributed by atoms with Crippen molar-refractivity contribution >= 4 is 15.9 Å². The summed E-state index contributed by atoms with van der Waals surface area (Å²) in [6.07, 6.45) is 1.25. The molecular weight excluding hydrogens is 296 g/mol. The molecule has 116 valence electrons. The molecule has 8 heteroatoms. The molecule has 7 nitrogen and oxygen atoms in total. The van der Waals surface area contributed by atoms with Gasteiger partial charge in [-0.15, -0.1) is 0 Å². The number of hydrogen-bond acceptors (Lipinski definition) is 5. The number of rotatable bonds is 6. The summed E-state index contributed by atoms with van der Waals surface area (Å²) < 4.78 is 37.6. The maximum atomic E-state index is 12.1.